The van der Waals surface area contributed by atoms with Crippen LogP contribution in [0.4, 0.5) is 0 Å². The quantitative estimate of drug-likeness (QED) is 0.500. The Balaban J connectivity index is 2.46. The number of carbonyl (C=O) groups excluding carboxylic acids is 3. The molecule has 7 heteroatoms. The van der Waals surface area contributed by atoms with Gasteiger partial charge in [0.2, 0.25) is 11.8 Å². The first-order valence-electron chi connectivity index (χ1n) is 5.37. The molecule has 0 saturated carbocycles. The molecule has 1 rings (SSSR count). The first kappa shape index (κ1) is 13.4. The summed E-state index contributed by atoms with van der Waals surface area (Å²) in [6.07, 6.45) is 0.455. The molecule has 0 bridgehead atoms. The van der Waals surface area contributed by atoms with Gasteiger partial charge < -0.3 is 20.5 Å². The molecule has 0 radical (unpaired) electrons. The zero-order chi connectivity index (χ0) is 12.8. The van der Waals surface area contributed by atoms with Crippen LogP contribution in [0.5, 0.6) is 0 Å². The monoisotopic (exact) mass is 244 g/mol. The Morgan fingerprint density at radius 2 is 1.76 bits per heavy atom. The van der Waals surface area contributed by atoms with Gasteiger partial charge in [0.15, 0.2) is 0 Å². The summed E-state index contributed by atoms with van der Waals surface area (Å²) in [5, 5.41) is 13.7. The lowest BCUT2D eigenvalue weighted by molar-refractivity contribution is -0.142. The number of hydrogen-bond donors (Lipinski definition) is 3. The van der Waals surface area contributed by atoms with Crippen LogP contribution in [0.3, 0.4) is 0 Å². The van der Waals surface area contributed by atoms with E-state index in [4.69, 9.17) is 5.11 Å². The fourth-order valence-corrected chi connectivity index (χ4v) is 1.58. The normalized spacial score (nSPS) is 23.9. The highest BCUT2D eigenvalue weighted by atomic mass is 16.5. The fraction of sp³-hybridized carbons (Fsp3) is 0.700. The van der Waals surface area contributed by atoms with E-state index < -0.39 is 18.1 Å². The summed E-state index contributed by atoms with van der Waals surface area (Å²) in [4.78, 5) is 34.0. The van der Waals surface area contributed by atoms with Crippen LogP contribution in [-0.2, 0) is 19.1 Å². The molecule has 0 spiro atoms. The van der Waals surface area contributed by atoms with Crippen molar-refractivity contribution >= 4 is 17.8 Å². The van der Waals surface area contributed by atoms with Crippen molar-refractivity contribution in [3.63, 3.8) is 0 Å². The molecule has 2 unspecified atom stereocenters. The first-order chi connectivity index (χ1) is 8.08. The average molecular weight is 244 g/mol. The van der Waals surface area contributed by atoms with Crippen LogP contribution in [0.1, 0.15) is 19.3 Å². The van der Waals surface area contributed by atoms with E-state index in [1.54, 1.807) is 0 Å². The van der Waals surface area contributed by atoms with Crippen molar-refractivity contribution in [1.29, 1.82) is 0 Å². The van der Waals surface area contributed by atoms with E-state index >= 15 is 0 Å². The van der Waals surface area contributed by atoms with Gasteiger partial charge in [0.1, 0.15) is 12.1 Å². The lowest BCUT2D eigenvalue weighted by Crippen LogP contribution is -2.61. The number of amides is 2. The third-order valence-electron chi connectivity index (χ3n) is 2.55. The minimum Gasteiger partial charge on any atom is -0.469 e. The number of ether oxygens (including phenoxy) is 1. The molecule has 1 saturated heterocycles. The molecule has 1 heterocycles. The smallest absolute Gasteiger partial charge is 0.305 e. The number of aliphatic hydroxyl groups excluding tert-OH is 1. The second-order valence-electron chi connectivity index (χ2n) is 3.75. The number of methoxy groups -OCH3 is 1. The van der Waals surface area contributed by atoms with E-state index in [9.17, 15) is 14.4 Å². The number of aliphatic hydroxyl groups is 1. The van der Waals surface area contributed by atoms with Gasteiger partial charge in [-0.25, -0.2) is 0 Å². The van der Waals surface area contributed by atoms with E-state index in [0.29, 0.717) is 0 Å². The number of esters is 1. The van der Waals surface area contributed by atoms with Crippen molar-refractivity contribution < 1.29 is 24.2 Å². The zero-order valence-electron chi connectivity index (χ0n) is 9.56. The molecule has 0 aromatic rings. The van der Waals surface area contributed by atoms with Crippen LogP contribution in [0.15, 0.2) is 0 Å². The van der Waals surface area contributed by atoms with Crippen LogP contribution in [0, 0.1) is 0 Å². The van der Waals surface area contributed by atoms with E-state index in [2.05, 4.69) is 15.4 Å². The maximum absolute atomic E-state index is 11.6. The summed E-state index contributed by atoms with van der Waals surface area (Å²) in [6.45, 7) is -0.175. The van der Waals surface area contributed by atoms with Gasteiger partial charge in [0.25, 0.3) is 0 Å². The van der Waals surface area contributed by atoms with E-state index in [1.165, 1.54) is 7.11 Å². The maximum atomic E-state index is 11.6. The van der Waals surface area contributed by atoms with Crippen LogP contribution < -0.4 is 10.6 Å². The minimum absolute atomic E-state index is 0.0690. The number of carbonyl (C=O) groups is 3. The van der Waals surface area contributed by atoms with Gasteiger partial charge in [0, 0.05) is 13.0 Å². The third kappa shape index (κ3) is 3.70. The highest BCUT2D eigenvalue weighted by Gasteiger charge is 2.33. The Hall–Kier alpha value is -1.63. The Kier molecular flexibility index (Phi) is 4.89. The standard InChI is InChI=1S/C10H16N2O5/c1-17-8(14)3-2-6-9(15)12-7(4-5-13)10(16)11-6/h6-7,13H,2-5H2,1H3,(H,11,16)(H,12,15). The van der Waals surface area contributed by atoms with Gasteiger partial charge in [-0.15, -0.1) is 0 Å². The summed E-state index contributed by atoms with van der Waals surface area (Å²) < 4.78 is 4.45. The molecular weight excluding hydrogens is 228 g/mol. The second kappa shape index (κ2) is 6.19. The highest BCUT2D eigenvalue weighted by Crippen LogP contribution is 2.06. The Labute approximate surface area is 98.5 Å². The van der Waals surface area contributed by atoms with Crippen molar-refractivity contribution in [3.05, 3.63) is 0 Å². The SMILES string of the molecule is COC(=O)CCC1NC(=O)C(CCO)NC1=O. The van der Waals surface area contributed by atoms with Crippen molar-refractivity contribution in [1.82, 2.24) is 10.6 Å². The molecule has 0 aromatic heterocycles. The molecule has 96 valence electrons. The molecule has 1 aliphatic rings. The van der Waals surface area contributed by atoms with E-state index in [1.807, 2.05) is 0 Å². The summed E-state index contributed by atoms with van der Waals surface area (Å²) in [7, 11) is 1.26. The molecule has 0 aromatic carbocycles. The lowest BCUT2D eigenvalue weighted by atomic mass is 10.0. The minimum atomic E-state index is -0.712. The van der Waals surface area contributed by atoms with Gasteiger partial charge in [0.05, 0.1) is 7.11 Å². The highest BCUT2D eigenvalue weighted by molar-refractivity contribution is 5.97. The summed E-state index contributed by atoms with van der Waals surface area (Å²) in [5.41, 5.74) is 0. The summed E-state index contributed by atoms with van der Waals surface area (Å²) >= 11 is 0. The van der Waals surface area contributed by atoms with Crippen LogP contribution in [0.2, 0.25) is 0 Å². The van der Waals surface area contributed by atoms with Gasteiger partial charge in [-0.05, 0) is 12.8 Å². The number of rotatable bonds is 5. The van der Waals surface area contributed by atoms with Crippen molar-refractivity contribution in [3.8, 4) is 0 Å². The van der Waals surface area contributed by atoms with Gasteiger partial charge in [-0.1, -0.05) is 0 Å². The first-order valence-corrected chi connectivity index (χ1v) is 5.37. The van der Waals surface area contributed by atoms with Crippen molar-refractivity contribution in [2.45, 2.75) is 31.3 Å². The molecule has 2 atom stereocenters. The topological polar surface area (TPSA) is 105 Å². The summed E-state index contributed by atoms with van der Waals surface area (Å²) in [5.74, 6) is -1.11. The van der Waals surface area contributed by atoms with E-state index in [-0.39, 0.29) is 37.7 Å². The molecule has 2 amide bonds. The largest absolute Gasteiger partial charge is 0.469 e. The van der Waals surface area contributed by atoms with Crippen LogP contribution >= 0.6 is 0 Å². The molecule has 1 aliphatic heterocycles. The molecule has 1 fully saturated rings. The third-order valence-corrected chi connectivity index (χ3v) is 2.55. The predicted octanol–water partition coefficient (Wildman–Crippen LogP) is -1.69. The van der Waals surface area contributed by atoms with Gasteiger partial charge in [-0.3, -0.25) is 14.4 Å². The molecular formula is C10H16N2O5. The average Bonchev–Trinajstić information content (AvgIpc) is 2.31. The molecule has 3 N–H and O–H groups in total. The predicted molar refractivity (Wildman–Crippen MR) is 56.8 cm³/mol. The van der Waals surface area contributed by atoms with E-state index in [0.717, 1.165) is 0 Å². The Bertz CT molecular complexity index is 318. The summed E-state index contributed by atoms with van der Waals surface area (Å²) in [6, 6.07) is -1.40. The number of hydrogen-bond acceptors (Lipinski definition) is 5. The van der Waals surface area contributed by atoms with Crippen LogP contribution in [-0.4, -0.2) is 48.7 Å². The van der Waals surface area contributed by atoms with Gasteiger partial charge >= 0.3 is 5.97 Å². The van der Waals surface area contributed by atoms with Crippen molar-refractivity contribution in [2.75, 3.05) is 13.7 Å². The second-order valence-corrected chi connectivity index (χ2v) is 3.75. The lowest BCUT2D eigenvalue weighted by Gasteiger charge is -2.29. The Morgan fingerprint density at radius 3 is 2.24 bits per heavy atom. The molecule has 0 aliphatic carbocycles. The number of piperazine rings is 1. The number of nitrogens with one attached hydrogen (secondary N) is 2. The van der Waals surface area contributed by atoms with Gasteiger partial charge in [-0.2, -0.15) is 0 Å². The molecule has 7 nitrogen and oxygen atoms in total. The fourth-order valence-electron chi connectivity index (χ4n) is 1.58. The Morgan fingerprint density at radius 1 is 1.24 bits per heavy atom. The van der Waals surface area contributed by atoms with Crippen LogP contribution in [0.25, 0.3) is 0 Å². The maximum Gasteiger partial charge on any atom is 0.305 e. The zero-order valence-corrected chi connectivity index (χ0v) is 9.56. The molecule has 17 heavy (non-hydrogen) atoms. The van der Waals surface area contributed by atoms with Crippen molar-refractivity contribution in [2.24, 2.45) is 0 Å².